The van der Waals surface area contributed by atoms with Gasteiger partial charge in [-0.15, -0.1) is 12.4 Å². The van der Waals surface area contributed by atoms with Gasteiger partial charge in [0.15, 0.2) is 5.78 Å². The molecule has 6 heteroatoms. The second-order valence-corrected chi connectivity index (χ2v) is 8.16. The number of fused-ring (bicyclic) bond motifs is 1. The van der Waals surface area contributed by atoms with Crippen LogP contribution in [0.5, 0.6) is 5.75 Å². The predicted octanol–water partition coefficient (Wildman–Crippen LogP) is 5.85. The van der Waals surface area contributed by atoms with Crippen LogP contribution in [0.4, 0.5) is 0 Å². The zero-order chi connectivity index (χ0) is 20.2. The highest BCUT2D eigenvalue weighted by Crippen LogP contribution is 2.27. The number of ether oxygens (including phenoxy) is 1. The van der Waals surface area contributed by atoms with E-state index in [9.17, 15) is 4.79 Å². The van der Waals surface area contributed by atoms with Crippen molar-refractivity contribution in [1.82, 2.24) is 9.47 Å². The molecule has 0 amide bonds. The maximum absolute atomic E-state index is 11.9. The maximum atomic E-state index is 11.9. The van der Waals surface area contributed by atoms with Gasteiger partial charge in [-0.3, -0.25) is 4.79 Å². The lowest BCUT2D eigenvalue weighted by molar-refractivity contribution is 0.0994. The van der Waals surface area contributed by atoms with Crippen molar-refractivity contribution in [1.29, 1.82) is 0 Å². The van der Waals surface area contributed by atoms with Crippen molar-refractivity contribution >= 4 is 40.7 Å². The van der Waals surface area contributed by atoms with Gasteiger partial charge in [-0.1, -0.05) is 41.9 Å². The summed E-state index contributed by atoms with van der Waals surface area (Å²) in [4.78, 5) is 14.4. The lowest BCUT2D eigenvalue weighted by atomic mass is 10.1. The summed E-state index contributed by atoms with van der Waals surface area (Å²) in [5.74, 6) is 0.911. The average molecular weight is 447 g/mol. The van der Waals surface area contributed by atoms with E-state index < -0.39 is 0 Å². The van der Waals surface area contributed by atoms with Crippen LogP contribution in [0, 0.1) is 0 Å². The number of hydrogen-bond donors (Lipinski definition) is 0. The third kappa shape index (κ3) is 5.18. The van der Waals surface area contributed by atoms with Gasteiger partial charge >= 0.3 is 0 Å². The SMILES string of the molecule is CC(=O)c1cn(CCCN2CCC(Oc3ccccc3Cl)CC2)c2ccccc12.Cl. The topological polar surface area (TPSA) is 34.5 Å². The van der Waals surface area contributed by atoms with Crippen LogP contribution in [0.15, 0.2) is 54.7 Å². The third-order valence-electron chi connectivity index (χ3n) is 5.71. The molecule has 1 aliphatic heterocycles. The summed E-state index contributed by atoms with van der Waals surface area (Å²) in [6.45, 7) is 5.70. The van der Waals surface area contributed by atoms with Crippen LogP contribution in [-0.4, -0.2) is 41.0 Å². The molecule has 0 N–H and O–H groups in total. The number of likely N-dealkylation sites (tertiary alicyclic amines) is 1. The number of carbonyl (C=O) groups excluding carboxylic acids is 1. The molecular weight excluding hydrogens is 419 g/mol. The van der Waals surface area contributed by atoms with E-state index in [0.717, 1.165) is 67.7 Å². The Morgan fingerprint density at radius 1 is 1.07 bits per heavy atom. The quantitative estimate of drug-likeness (QED) is 0.426. The summed E-state index contributed by atoms with van der Waals surface area (Å²) in [5, 5.41) is 1.73. The Morgan fingerprint density at radius 2 is 1.77 bits per heavy atom. The highest BCUT2D eigenvalue weighted by Gasteiger charge is 2.21. The zero-order valence-electron chi connectivity index (χ0n) is 17.2. The van der Waals surface area contributed by atoms with Gasteiger partial charge in [0.2, 0.25) is 0 Å². The minimum atomic E-state index is 0. The van der Waals surface area contributed by atoms with E-state index in [4.69, 9.17) is 16.3 Å². The molecule has 0 bridgehead atoms. The Balaban J connectivity index is 0.00000256. The fourth-order valence-corrected chi connectivity index (χ4v) is 4.33. The molecule has 1 aliphatic rings. The highest BCUT2D eigenvalue weighted by molar-refractivity contribution is 6.32. The lowest BCUT2D eigenvalue weighted by Crippen LogP contribution is -2.39. The number of nitrogens with zero attached hydrogens (tertiary/aromatic N) is 2. The molecule has 2 heterocycles. The molecule has 0 atom stereocenters. The second-order valence-electron chi connectivity index (χ2n) is 7.75. The Kier molecular flexibility index (Phi) is 7.81. The van der Waals surface area contributed by atoms with Crippen molar-refractivity contribution in [3.05, 3.63) is 65.3 Å². The van der Waals surface area contributed by atoms with E-state index in [1.165, 1.54) is 0 Å². The molecule has 0 saturated carbocycles. The number of rotatable bonds is 7. The molecule has 0 spiro atoms. The summed E-state index contributed by atoms with van der Waals surface area (Å²) in [6.07, 6.45) is 5.35. The molecule has 30 heavy (non-hydrogen) atoms. The van der Waals surface area contributed by atoms with E-state index >= 15 is 0 Å². The number of piperidine rings is 1. The number of benzene rings is 2. The van der Waals surface area contributed by atoms with Crippen LogP contribution in [0.1, 0.15) is 36.5 Å². The standard InChI is InChI=1S/C24H27ClN2O2.ClH/c1-18(28)21-17-27(23-9-4-2-7-20(21)23)14-6-13-26-15-11-19(12-16-26)29-24-10-5-3-8-22(24)25;/h2-5,7-10,17,19H,6,11-16H2,1H3;1H. The van der Waals surface area contributed by atoms with Gasteiger partial charge in [-0.25, -0.2) is 0 Å². The second kappa shape index (κ2) is 10.3. The van der Waals surface area contributed by atoms with Crippen molar-refractivity contribution in [3.63, 3.8) is 0 Å². The van der Waals surface area contributed by atoms with Crippen LogP contribution < -0.4 is 4.74 Å². The molecule has 0 unspecified atom stereocenters. The number of hydrogen-bond acceptors (Lipinski definition) is 3. The van der Waals surface area contributed by atoms with Crippen molar-refractivity contribution in [2.45, 2.75) is 38.8 Å². The summed E-state index contributed by atoms with van der Waals surface area (Å²) in [5.41, 5.74) is 1.96. The number of aromatic nitrogens is 1. The van der Waals surface area contributed by atoms with Crippen molar-refractivity contribution < 1.29 is 9.53 Å². The zero-order valence-corrected chi connectivity index (χ0v) is 18.8. The van der Waals surface area contributed by atoms with E-state index in [1.54, 1.807) is 6.92 Å². The van der Waals surface area contributed by atoms with Gasteiger partial charge in [-0.05, 0) is 50.9 Å². The molecule has 0 radical (unpaired) electrons. The Morgan fingerprint density at radius 3 is 2.50 bits per heavy atom. The van der Waals surface area contributed by atoms with Gasteiger partial charge < -0.3 is 14.2 Å². The molecule has 1 fully saturated rings. The molecule has 160 valence electrons. The Bertz CT molecular complexity index is 994. The minimum Gasteiger partial charge on any atom is -0.489 e. The van der Waals surface area contributed by atoms with Crippen LogP contribution in [-0.2, 0) is 6.54 Å². The van der Waals surface area contributed by atoms with E-state index in [2.05, 4.69) is 15.5 Å². The summed E-state index contributed by atoms with van der Waals surface area (Å²) < 4.78 is 8.31. The summed E-state index contributed by atoms with van der Waals surface area (Å²) in [7, 11) is 0. The fourth-order valence-electron chi connectivity index (χ4n) is 4.15. The molecule has 4 nitrogen and oxygen atoms in total. The first-order chi connectivity index (χ1) is 14.1. The first-order valence-corrected chi connectivity index (χ1v) is 10.7. The normalized spacial score (nSPS) is 15.1. The maximum Gasteiger partial charge on any atom is 0.161 e. The summed E-state index contributed by atoms with van der Waals surface area (Å²) >= 11 is 6.20. The molecular formula is C24H28Cl2N2O2. The van der Waals surface area contributed by atoms with Gasteiger partial charge in [0.1, 0.15) is 11.9 Å². The van der Waals surface area contributed by atoms with Gasteiger partial charge in [0.05, 0.1) is 5.02 Å². The average Bonchev–Trinajstić information content (AvgIpc) is 3.10. The van der Waals surface area contributed by atoms with Crippen molar-refractivity contribution in [3.8, 4) is 5.75 Å². The largest absolute Gasteiger partial charge is 0.489 e. The van der Waals surface area contributed by atoms with Crippen molar-refractivity contribution in [2.75, 3.05) is 19.6 Å². The van der Waals surface area contributed by atoms with E-state index in [0.29, 0.717) is 5.02 Å². The fraction of sp³-hybridized carbons (Fsp3) is 0.375. The number of ketones is 1. The van der Waals surface area contributed by atoms with Crippen molar-refractivity contribution in [2.24, 2.45) is 0 Å². The molecule has 4 rings (SSSR count). The van der Waals surface area contributed by atoms with E-state index in [1.807, 2.05) is 48.7 Å². The van der Waals surface area contributed by atoms with Crippen LogP contribution in [0.3, 0.4) is 0 Å². The van der Waals surface area contributed by atoms with Crippen LogP contribution >= 0.6 is 24.0 Å². The number of halogens is 2. The third-order valence-corrected chi connectivity index (χ3v) is 6.02. The number of aryl methyl sites for hydroxylation is 1. The van der Waals surface area contributed by atoms with Gasteiger partial charge in [0, 0.05) is 42.3 Å². The first kappa shape index (κ1) is 22.7. The Labute approximate surface area is 189 Å². The first-order valence-electron chi connectivity index (χ1n) is 10.3. The summed E-state index contributed by atoms with van der Waals surface area (Å²) in [6, 6.07) is 15.8. The number of para-hydroxylation sites is 2. The minimum absolute atomic E-state index is 0. The highest BCUT2D eigenvalue weighted by atomic mass is 35.5. The van der Waals surface area contributed by atoms with Crippen LogP contribution in [0.2, 0.25) is 5.02 Å². The molecule has 1 aromatic heterocycles. The molecule has 2 aromatic carbocycles. The molecule has 0 aliphatic carbocycles. The van der Waals surface area contributed by atoms with Gasteiger partial charge in [0.25, 0.3) is 0 Å². The monoisotopic (exact) mass is 446 g/mol. The predicted molar refractivity (Wildman–Crippen MR) is 125 cm³/mol. The lowest BCUT2D eigenvalue weighted by Gasteiger charge is -2.32. The van der Waals surface area contributed by atoms with E-state index in [-0.39, 0.29) is 24.3 Å². The molecule has 1 saturated heterocycles. The number of carbonyl (C=O) groups is 1. The Hall–Kier alpha value is -2.01. The molecule has 3 aromatic rings. The number of Topliss-reactive ketones (excluding diaryl/α,β-unsaturated/α-hetero) is 1. The smallest absolute Gasteiger partial charge is 0.161 e. The van der Waals surface area contributed by atoms with Crippen LogP contribution in [0.25, 0.3) is 10.9 Å². The van der Waals surface area contributed by atoms with Gasteiger partial charge in [-0.2, -0.15) is 0 Å².